The van der Waals surface area contributed by atoms with Crippen molar-refractivity contribution in [3.8, 4) is 11.5 Å². The normalized spacial score (nSPS) is 15.5. The van der Waals surface area contributed by atoms with Crippen molar-refractivity contribution in [2.45, 2.75) is 12.5 Å². The molecule has 0 radical (unpaired) electrons. The molecule has 1 unspecified atom stereocenters. The van der Waals surface area contributed by atoms with Crippen LogP contribution in [0.1, 0.15) is 12.0 Å². The molecule has 1 aliphatic heterocycles. The minimum atomic E-state index is -0.855. The summed E-state index contributed by atoms with van der Waals surface area (Å²) in [6.45, 7) is 0. The molecule has 3 rings (SSSR count). The predicted molar refractivity (Wildman–Crippen MR) is 114 cm³/mol. The standard InChI is InChI=1S/C20H20ClN5O4/c1-29-16-8-7-12(9-17(16)30-2)11-22-26-20-24-15(19(28)25-20)10-18(27)23-14-6-4-3-5-13(14)21/h3-9,11,15H,10H2,1-2H3,(H,23,27)(H2,24,25,26,28). The second-order valence-electron chi connectivity index (χ2n) is 6.20. The molecule has 0 aliphatic carbocycles. The Morgan fingerprint density at radius 3 is 2.73 bits per heavy atom. The number of benzene rings is 2. The molecule has 30 heavy (non-hydrogen) atoms. The van der Waals surface area contributed by atoms with E-state index in [1.54, 1.807) is 56.7 Å². The smallest absolute Gasteiger partial charge is 0.252 e. The van der Waals surface area contributed by atoms with Gasteiger partial charge in [0.15, 0.2) is 11.5 Å². The Morgan fingerprint density at radius 1 is 1.23 bits per heavy atom. The molecule has 156 valence electrons. The number of nitrogens with one attached hydrogen (secondary N) is 3. The number of hydrogen-bond donors (Lipinski definition) is 3. The number of hydrogen-bond acceptors (Lipinski definition) is 7. The van der Waals surface area contributed by atoms with Crippen molar-refractivity contribution < 1.29 is 19.1 Å². The van der Waals surface area contributed by atoms with Crippen LogP contribution in [0.2, 0.25) is 5.02 Å². The van der Waals surface area contributed by atoms with E-state index in [2.05, 4.69) is 26.2 Å². The van der Waals surface area contributed by atoms with Gasteiger partial charge in [-0.1, -0.05) is 23.7 Å². The average molecular weight is 430 g/mol. The number of methoxy groups -OCH3 is 2. The SMILES string of the molecule is COc1ccc(C=NNC2=NC(CC(=O)Nc3ccccc3Cl)C(=O)N2)cc1OC. The molecule has 2 amide bonds. The van der Waals surface area contributed by atoms with Crippen molar-refractivity contribution in [2.24, 2.45) is 10.1 Å². The van der Waals surface area contributed by atoms with Gasteiger partial charge in [0.2, 0.25) is 11.9 Å². The second-order valence-corrected chi connectivity index (χ2v) is 6.61. The summed E-state index contributed by atoms with van der Waals surface area (Å²) >= 11 is 6.02. The van der Waals surface area contributed by atoms with Crippen LogP contribution in [0.4, 0.5) is 5.69 Å². The molecule has 1 heterocycles. The number of anilines is 1. The topological polar surface area (TPSA) is 113 Å². The molecule has 2 aromatic carbocycles. The lowest BCUT2D eigenvalue weighted by atomic mass is 10.2. The zero-order valence-corrected chi connectivity index (χ0v) is 17.1. The summed E-state index contributed by atoms with van der Waals surface area (Å²) in [4.78, 5) is 28.4. The second kappa shape index (κ2) is 9.75. The number of ether oxygens (including phenoxy) is 2. The molecule has 0 saturated heterocycles. The Labute approximate surface area is 178 Å². The van der Waals surface area contributed by atoms with Crippen LogP contribution in [0, 0.1) is 0 Å². The third kappa shape index (κ3) is 5.26. The summed E-state index contributed by atoms with van der Waals surface area (Å²) in [5, 5.41) is 9.67. The molecular weight excluding hydrogens is 410 g/mol. The summed E-state index contributed by atoms with van der Waals surface area (Å²) in [7, 11) is 3.10. The van der Waals surface area contributed by atoms with Crippen molar-refractivity contribution in [3.05, 3.63) is 53.1 Å². The third-order valence-corrected chi connectivity index (χ3v) is 4.48. The first-order valence-electron chi connectivity index (χ1n) is 8.94. The van der Waals surface area contributed by atoms with Crippen LogP contribution < -0.4 is 25.5 Å². The molecule has 9 nitrogen and oxygen atoms in total. The van der Waals surface area contributed by atoms with Gasteiger partial charge in [-0.3, -0.25) is 14.9 Å². The number of carbonyl (C=O) groups is 2. The molecule has 0 fully saturated rings. The number of aliphatic imine (C=N–C) groups is 1. The first-order chi connectivity index (χ1) is 14.5. The van der Waals surface area contributed by atoms with Crippen molar-refractivity contribution in [3.63, 3.8) is 0 Å². The highest BCUT2D eigenvalue weighted by Gasteiger charge is 2.28. The highest BCUT2D eigenvalue weighted by Crippen LogP contribution is 2.26. The number of carbonyl (C=O) groups excluding carboxylic acids is 2. The first kappa shape index (κ1) is 21.1. The van der Waals surface area contributed by atoms with Gasteiger partial charge in [0.1, 0.15) is 6.04 Å². The van der Waals surface area contributed by atoms with E-state index in [9.17, 15) is 9.59 Å². The Bertz CT molecular complexity index is 1010. The maximum atomic E-state index is 12.2. The van der Waals surface area contributed by atoms with Gasteiger partial charge in [-0.05, 0) is 35.9 Å². The van der Waals surface area contributed by atoms with E-state index in [0.29, 0.717) is 22.2 Å². The molecule has 0 aromatic heterocycles. The molecule has 2 aromatic rings. The summed E-state index contributed by atoms with van der Waals surface area (Å²) < 4.78 is 10.4. The van der Waals surface area contributed by atoms with Gasteiger partial charge in [0, 0.05) is 0 Å². The number of hydrazone groups is 1. The van der Waals surface area contributed by atoms with E-state index in [4.69, 9.17) is 21.1 Å². The summed E-state index contributed by atoms with van der Waals surface area (Å²) in [6.07, 6.45) is 1.41. The van der Waals surface area contributed by atoms with Crippen LogP contribution in [-0.4, -0.2) is 44.2 Å². The summed E-state index contributed by atoms with van der Waals surface area (Å²) in [6, 6.07) is 11.3. The van der Waals surface area contributed by atoms with Gasteiger partial charge < -0.3 is 14.8 Å². The van der Waals surface area contributed by atoms with Gasteiger partial charge in [0.05, 0.1) is 37.6 Å². The molecule has 3 N–H and O–H groups in total. The van der Waals surface area contributed by atoms with Crippen LogP contribution in [0.3, 0.4) is 0 Å². The van der Waals surface area contributed by atoms with Crippen molar-refractivity contribution in [1.29, 1.82) is 0 Å². The Kier molecular flexibility index (Phi) is 6.87. The highest BCUT2D eigenvalue weighted by atomic mass is 35.5. The van der Waals surface area contributed by atoms with E-state index >= 15 is 0 Å². The Hall–Kier alpha value is -3.59. The average Bonchev–Trinajstić information content (AvgIpc) is 3.08. The van der Waals surface area contributed by atoms with Gasteiger partial charge in [-0.2, -0.15) is 5.10 Å². The lowest BCUT2D eigenvalue weighted by molar-refractivity contribution is -0.123. The number of nitrogens with zero attached hydrogens (tertiary/aromatic N) is 2. The monoisotopic (exact) mass is 429 g/mol. The van der Waals surface area contributed by atoms with E-state index in [1.165, 1.54) is 6.21 Å². The number of amides is 2. The predicted octanol–water partition coefficient (Wildman–Crippen LogP) is 2.16. The van der Waals surface area contributed by atoms with Crippen LogP contribution in [-0.2, 0) is 9.59 Å². The van der Waals surface area contributed by atoms with Gasteiger partial charge in [-0.25, -0.2) is 10.4 Å². The molecule has 1 atom stereocenters. The molecule has 0 bridgehead atoms. The Morgan fingerprint density at radius 2 is 2.00 bits per heavy atom. The van der Waals surface area contributed by atoms with Crippen molar-refractivity contribution in [1.82, 2.24) is 10.7 Å². The van der Waals surface area contributed by atoms with Gasteiger partial charge in [0.25, 0.3) is 5.91 Å². The van der Waals surface area contributed by atoms with E-state index < -0.39 is 11.9 Å². The maximum Gasteiger partial charge on any atom is 0.252 e. The minimum absolute atomic E-state index is 0.123. The third-order valence-electron chi connectivity index (χ3n) is 4.15. The maximum absolute atomic E-state index is 12.2. The number of rotatable bonds is 7. The van der Waals surface area contributed by atoms with E-state index in [1.807, 2.05) is 0 Å². The van der Waals surface area contributed by atoms with Crippen LogP contribution in [0.25, 0.3) is 0 Å². The van der Waals surface area contributed by atoms with Crippen molar-refractivity contribution >= 4 is 41.3 Å². The van der Waals surface area contributed by atoms with Crippen LogP contribution >= 0.6 is 11.6 Å². The molecule has 0 saturated carbocycles. The summed E-state index contributed by atoms with van der Waals surface area (Å²) in [5.41, 5.74) is 3.88. The highest BCUT2D eigenvalue weighted by molar-refractivity contribution is 6.33. The van der Waals surface area contributed by atoms with Gasteiger partial charge in [-0.15, -0.1) is 0 Å². The first-order valence-corrected chi connectivity index (χ1v) is 9.32. The quantitative estimate of drug-likeness (QED) is 0.461. The zero-order valence-electron chi connectivity index (χ0n) is 16.3. The van der Waals surface area contributed by atoms with E-state index in [0.717, 1.165) is 5.56 Å². The largest absolute Gasteiger partial charge is 0.493 e. The fourth-order valence-electron chi connectivity index (χ4n) is 2.68. The number of halogens is 1. The van der Waals surface area contributed by atoms with Crippen molar-refractivity contribution in [2.75, 3.05) is 19.5 Å². The fraction of sp³-hybridized carbons (Fsp3) is 0.200. The number of guanidine groups is 1. The Balaban J connectivity index is 1.57. The molecule has 10 heteroatoms. The molecule has 0 spiro atoms. The fourth-order valence-corrected chi connectivity index (χ4v) is 2.87. The van der Waals surface area contributed by atoms with Crippen LogP contribution in [0.5, 0.6) is 11.5 Å². The number of para-hydroxylation sites is 1. The van der Waals surface area contributed by atoms with Gasteiger partial charge >= 0.3 is 0 Å². The lowest BCUT2D eigenvalue weighted by Gasteiger charge is -2.08. The molecule has 1 aliphatic rings. The summed E-state index contributed by atoms with van der Waals surface area (Å²) in [5.74, 6) is 0.563. The zero-order chi connectivity index (χ0) is 21.5. The van der Waals surface area contributed by atoms with Crippen LogP contribution in [0.15, 0.2) is 52.6 Å². The lowest BCUT2D eigenvalue weighted by Crippen LogP contribution is -2.35. The minimum Gasteiger partial charge on any atom is -0.493 e. The van der Waals surface area contributed by atoms with E-state index in [-0.39, 0.29) is 18.3 Å². The molecular formula is C20H20ClN5O4.